The highest BCUT2D eigenvalue weighted by Crippen LogP contribution is 2.32. The van der Waals surface area contributed by atoms with Crippen molar-refractivity contribution in [3.63, 3.8) is 0 Å². The third-order valence-corrected chi connectivity index (χ3v) is 6.23. The van der Waals surface area contributed by atoms with Crippen molar-refractivity contribution in [2.45, 2.75) is 31.8 Å². The Morgan fingerprint density at radius 3 is 2.68 bits per heavy atom. The van der Waals surface area contributed by atoms with Crippen LogP contribution in [0.4, 0.5) is 4.39 Å². The molecule has 0 atom stereocenters. The Kier molecular flexibility index (Phi) is 7.50. The van der Waals surface area contributed by atoms with Crippen LogP contribution in [0.3, 0.4) is 0 Å². The van der Waals surface area contributed by atoms with Crippen LogP contribution in [0.25, 0.3) is 21.9 Å². The number of aliphatic hydroxyl groups is 1. The number of nitrogens with zero attached hydrogens (tertiary/aromatic N) is 2. The van der Waals surface area contributed by atoms with Crippen molar-refractivity contribution < 1.29 is 23.2 Å². The minimum absolute atomic E-state index is 0. The molecular weight excluding hydrogens is 463 g/mol. The lowest BCUT2D eigenvalue weighted by atomic mass is 9.91. The van der Waals surface area contributed by atoms with Gasteiger partial charge in [-0.25, -0.2) is 4.39 Å². The van der Waals surface area contributed by atoms with E-state index in [0.29, 0.717) is 34.8 Å². The Balaban J connectivity index is 0.00000274. The van der Waals surface area contributed by atoms with E-state index in [0.717, 1.165) is 50.0 Å². The van der Waals surface area contributed by atoms with Crippen molar-refractivity contribution in [1.82, 2.24) is 10.1 Å². The smallest absolute Gasteiger partial charge is 0.193 e. The molecule has 2 aromatic heterocycles. The maximum absolute atomic E-state index is 13.4. The second kappa shape index (κ2) is 10.5. The molecule has 1 aliphatic heterocycles. The Hall–Kier alpha value is -2.94. The van der Waals surface area contributed by atoms with Crippen LogP contribution < -0.4 is 10.2 Å². The van der Waals surface area contributed by atoms with Gasteiger partial charge in [-0.05, 0) is 56.6 Å². The van der Waals surface area contributed by atoms with E-state index < -0.39 is 0 Å². The molecule has 0 radical (unpaired) electrons. The number of halogens is 2. The van der Waals surface area contributed by atoms with Crippen LogP contribution in [0.2, 0.25) is 0 Å². The topological polar surface area (TPSA) is 88.9 Å². The summed E-state index contributed by atoms with van der Waals surface area (Å²) in [5.74, 6) is 0.873. The monoisotopic (exact) mass is 488 g/mol. The predicted molar refractivity (Wildman–Crippen MR) is 128 cm³/mol. The predicted octanol–water partition coefficient (Wildman–Crippen LogP) is 4.64. The van der Waals surface area contributed by atoms with E-state index in [-0.39, 0.29) is 36.0 Å². The fraction of sp³-hybridized carbons (Fsp3) is 0.360. The fourth-order valence-corrected chi connectivity index (χ4v) is 4.49. The second-order valence-corrected chi connectivity index (χ2v) is 8.42. The van der Waals surface area contributed by atoms with Crippen LogP contribution in [0.5, 0.6) is 5.75 Å². The normalized spacial score (nSPS) is 15.0. The average Bonchev–Trinajstić information content (AvgIpc) is 3.25. The number of hydrogen-bond acceptors (Lipinski definition) is 7. The van der Waals surface area contributed by atoms with Crippen molar-refractivity contribution in [3.8, 4) is 5.75 Å². The maximum Gasteiger partial charge on any atom is 0.193 e. The summed E-state index contributed by atoms with van der Waals surface area (Å²) < 4.78 is 30.1. The third-order valence-electron chi connectivity index (χ3n) is 6.23. The van der Waals surface area contributed by atoms with Crippen molar-refractivity contribution in [1.29, 1.82) is 0 Å². The summed E-state index contributed by atoms with van der Waals surface area (Å²) in [5, 5.41) is 14.8. The van der Waals surface area contributed by atoms with Crippen molar-refractivity contribution in [3.05, 3.63) is 70.0 Å². The van der Waals surface area contributed by atoms with Gasteiger partial charge < -0.3 is 23.7 Å². The molecule has 1 aliphatic rings. The van der Waals surface area contributed by atoms with Crippen LogP contribution in [-0.4, -0.2) is 41.4 Å². The van der Waals surface area contributed by atoms with Crippen LogP contribution in [0.1, 0.15) is 36.6 Å². The Labute approximate surface area is 201 Å². The van der Waals surface area contributed by atoms with Crippen molar-refractivity contribution in [2.75, 3.05) is 26.2 Å². The zero-order valence-electron chi connectivity index (χ0n) is 18.5. The second-order valence-electron chi connectivity index (χ2n) is 8.42. The molecule has 34 heavy (non-hydrogen) atoms. The Morgan fingerprint density at radius 1 is 1.09 bits per heavy atom. The van der Waals surface area contributed by atoms with Gasteiger partial charge in [-0.3, -0.25) is 4.79 Å². The number of rotatable bonds is 7. The third kappa shape index (κ3) is 5.09. The van der Waals surface area contributed by atoms with Crippen LogP contribution in [0.15, 0.2) is 56.2 Å². The number of likely N-dealkylation sites (tertiary alicyclic amines) is 1. The summed E-state index contributed by atoms with van der Waals surface area (Å²) in [7, 11) is 0. The molecule has 0 saturated carbocycles. The first-order valence-corrected chi connectivity index (χ1v) is 11.2. The quantitative estimate of drug-likeness (QED) is 0.379. The lowest BCUT2D eigenvalue weighted by Gasteiger charge is -2.31. The largest absolute Gasteiger partial charge is 0.493 e. The molecule has 9 heteroatoms. The van der Waals surface area contributed by atoms with Gasteiger partial charge in [0.15, 0.2) is 11.0 Å². The first-order valence-electron chi connectivity index (χ1n) is 11.2. The summed E-state index contributed by atoms with van der Waals surface area (Å²) >= 11 is 0. The first-order chi connectivity index (χ1) is 16.1. The van der Waals surface area contributed by atoms with E-state index in [1.54, 1.807) is 24.3 Å². The number of piperidine rings is 1. The van der Waals surface area contributed by atoms with E-state index in [4.69, 9.17) is 13.7 Å². The molecule has 2 aromatic carbocycles. The highest BCUT2D eigenvalue weighted by Gasteiger charge is 2.25. The number of hydrogen-bond donors (Lipinski definition) is 1. The standard InChI is InChI=1S/C25H25FN2O5.ClH/c26-17-2-4-21-24(12-17)33-27-25(21)16-6-9-28(10-7-16)8-1-11-31-18-3-5-20-22(30)13-19(15-29)32-23(20)14-18;/h2-5,12-14,16,29H,1,6-11,15H2;1H. The molecule has 0 unspecified atom stereocenters. The lowest BCUT2D eigenvalue weighted by Crippen LogP contribution is -2.34. The molecule has 1 saturated heterocycles. The minimum Gasteiger partial charge on any atom is -0.493 e. The van der Waals surface area contributed by atoms with Crippen LogP contribution in [0, 0.1) is 5.82 Å². The summed E-state index contributed by atoms with van der Waals surface area (Å²) in [6.45, 7) is 3.08. The average molecular weight is 489 g/mol. The van der Waals surface area contributed by atoms with Gasteiger partial charge in [0.2, 0.25) is 0 Å². The number of ether oxygens (including phenoxy) is 1. The van der Waals surface area contributed by atoms with Gasteiger partial charge in [-0.2, -0.15) is 0 Å². The van der Waals surface area contributed by atoms with Crippen LogP contribution in [-0.2, 0) is 6.61 Å². The minimum atomic E-state index is -0.321. The van der Waals surface area contributed by atoms with E-state index in [9.17, 15) is 14.3 Å². The highest BCUT2D eigenvalue weighted by atomic mass is 35.5. The number of benzene rings is 2. The molecule has 180 valence electrons. The summed E-state index contributed by atoms with van der Waals surface area (Å²) in [6.07, 6.45) is 2.84. The molecule has 3 heterocycles. The van der Waals surface area contributed by atoms with Gasteiger partial charge in [-0.1, -0.05) is 5.16 Å². The van der Waals surface area contributed by atoms with Gasteiger partial charge in [0, 0.05) is 36.0 Å². The van der Waals surface area contributed by atoms with Gasteiger partial charge in [-0.15, -0.1) is 12.4 Å². The number of aromatic nitrogens is 1. The zero-order chi connectivity index (χ0) is 22.8. The van der Waals surface area contributed by atoms with E-state index >= 15 is 0 Å². The van der Waals surface area contributed by atoms with E-state index in [1.165, 1.54) is 18.2 Å². The van der Waals surface area contributed by atoms with Gasteiger partial charge in [0.05, 0.1) is 17.7 Å². The molecule has 0 spiro atoms. The molecule has 0 amide bonds. The molecule has 7 nitrogen and oxygen atoms in total. The molecule has 1 N–H and O–H groups in total. The van der Waals surface area contributed by atoms with Crippen molar-refractivity contribution in [2.24, 2.45) is 0 Å². The summed E-state index contributed by atoms with van der Waals surface area (Å²) in [6, 6.07) is 11.0. The van der Waals surface area contributed by atoms with Gasteiger partial charge in [0.1, 0.15) is 29.5 Å². The highest BCUT2D eigenvalue weighted by molar-refractivity contribution is 5.85. The fourth-order valence-electron chi connectivity index (χ4n) is 4.49. The zero-order valence-corrected chi connectivity index (χ0v) is 19.4. The lowest BCUT2D eigenvalue weighted by molar-refractivity contribution is 0.191. The SMILES string of the molecule is Cl.O=c1cc(CO)oc2cc(OCCCN3CCC(c4noc5cc(F)ccc45)CC3)ccc12. The molecule has 1 fully saturated rings. The summed E-state index contributed by atoms with van der Waals surface area (Å²) in [4.78, 5) is 14.5. The molecular formula is C25H26ClFN2O5. The van der Waals surface area contributed by atoms with E-state index in [2.05, 4.69) is 10.1 Å². The maximum atomic E-state index is 13.4. The van der Waals surface area contributed by atoms with Gasteiger partial charge >= 0.3 is 0 Å². The van der Waals surface area contributed by atoms with Crippen LogP contribution >= 0.6 is 12.4 Å². The molecule has 4 aromatic rings. The Bertz CT molecular complexity index is 1330. The van der Waals surface area contributed by atoms with E-state index in [1.807, 2.05) is 0 Å². The molecule has 5 rings (SSSR count). The molecule has 0 aliphatic carbocycles. The van der Waals surface area contributed by atoms with Crippen molar-refractivity contribution >= 4 is 34.3 Å². The number of aliphatic hydroxyl groups excluding tert-OH is 1. The van der Waals surface area contributed by atoms with Gasteiger partial charge in [0.25, 0.3) is 0 Å². The molecule has 0 bridgehead atoms. The number of fused-ring (bicyclic) bond motifs is 2. The summed E-state index contributed by atoms with van der Waals surface area (Å²) in [5.41, 5.74) is 1.67. The Morgan fingerprint density at radius 2 is 1.88 bits per heavy atom. The first kappa shape index (κ1) is 24.2.